The highest BCUT2D eigenvalue weighted by Gasteiger charge is 2.15. The smallest absolute Gasteiger partial charge is 0.278 e. The summed E-state index contributed by atoms with van der Waals surface area (Å²) in [5, 5.41) is 8.94. The van der Waals surface area contributed by atoms with Gasteiger partial charge in [-0.25, -0.2) is 4.98 Å². The van der Waals surface area contributed by atoms with Gasteiger partial charge in [0, 0.05) is 5.69 Å². The molecule has 0 bridgehead atoms. The molecule has 6 nitrogen and oxygen atoms in total. The molecule has 2 aromatic rings. The number of hydrogen-bond acceptors (Lipinski definition) is 4. The van der Waals surface area contributed by atoms with Gasteiger partial charge in [-0.05, 0) is 17.7 Å². The van der Waals surface area contributed by atoms with Crippen molar-refractivity contribution in [3.8, 4) is 0 Å². The second kappa shape index (κ2) is 4.56. The van der Waals surface area contributed by atoms with Crippen molar-refractivity contribution >= 4 is 15.7 Å². The van der Waals surface area contributed by atoms with Crippen molar-refractivity contribution in [2.75, 3.05) is 4.72 Å². The highest BCUT2D eigenvalue weighted by Crippen LogP contribution is 2.15. The normalized spacial score (nSPS) is 11.4. The number of anilines is 1. The van der Waals surface area contributed by atoms with E-state index in [9.17, 15) is 8.42 Å². The van der Waals surface area contributed by atoms with Crippen molar-refractivity contribution in [1.82, 2.24) is 9.97 Å². The third kappa shape index (κ3) is 2.63. The van der Waals surface area contributed by atoms with Crippen LogP contribution in [-0.4, -0.2) is 23.5 Å². The third-order valence-electron chi connectivity index (χ3n) is 2.12. The fourth-order valence-electron chi connectivity index (χ4n) is 1.33. The van der Waals surface area contributed by atoms with E-state index in [2.05, 4.69) is 14.7 Å². The van der Waals surface area contributed by atoms with E-state index in [0.29, 0.717) is 11.3 Å². The van der Waals surface area contributed by atoms with Crippen LogP contribution < -0.4 is 4.72 Å². The zero-order chi connectivity index (χ0) is 12.3. The second-order valence-electron chi connectivity index (χ2n) is 3.38. The van der Waals surface area contributed by atoms with E-state index in [1.807, 2.05) is 0 Å². The number of benzene rings is 1. The Morgan fingerprint density at radius 2 is 2.24 bits per heavy atom. The molecule has 17 heavy (non-hydrogen) atoms. The van der Waals surface area contributed by atoms with Crippen molar-refractivity contribution in [1.29, 1.82) is 0 Å². The lowest BCUT2D eigenvalue weighted by atomic mass is 10.2. The van der Waals surface area contributed by atoms with Crippen molar-refractivity contribution < 1.29 is 13.5 Å². The Balaban J connectivity index is 2.26. The summed E-state index contributed by atoms with van der Waals surface area (Å²) in [6, 6.07) is 6.53. The fourth-order valence-corrected chi connectivity index (χ4v) is 2.29. The van der Waals surface area contributed by atoms with Crippen LogP contribution >= 0.6 is 0 Å². The molecule has 0 saturated heterocycles. The molecule has 0 aliphatic rings. The number of sulfonamides is 1. The summed E-state index contributed by atoms with van der Waals surface area (Å²) in [7, 11) is -3.64. The molecule has 2 rings (SSSR count). The largest absolute Gasteiger partial charge is 0.392 e. The molecule has 0 amide bonds. The number of nitrogens with zero attached hydrogens (tertiary/aromatic N) is 1. The lowest BCUT2D eigenvalue weighted by Gasteiger charge is -2.06. The van der Waals surface area contributed by atoms with Crippen molar-refractivity contribution in [3.05, 3.63) is 42.4 Å². The van der Waals surface area contributed by atoms with Gasteiger partial charge in [-0.15, -0.1) is 0 Å². The van der Waals surface area contributed by atoms with Gasteiger partial charge in [0.2, 0.25) is 0 Å². The van der Waals surface area contributed by atoms with Crippen LogP contribution in [0.15, 0.2) is 41.8 Å². The number of aliphatic hydroxyl groups excluding tert-OH is 1. The number of nitrogens with one attached hydrogen (secondary N) is 2. The molecule has 3 N–H and O–H groups in total. The molecule has 1 heterocycles. The molecular formula is C10H11N3O3S. The lowest BCUT2D eigenvalue weighted by Crippen LogP contribution is -2.13. The summed E-state index contributed by atoms with van der Waals surface area (Å²) < 4.78 is 26.0. The highest BCUT2D eigenvalue weighted by atomic mass is 32.2. The molecule has 0 radical (unpaired) electrons. The number of aromatic nitrogens is 2. The summed E-state index contributed by atoms with van der Waals surface area (Å²) in [6.07, 6.45) is 2.51. The molecule has 0 aliphatic carbocycles. The molecule has 0 spiro atoms. The quantitative estimate of drug-likeness (QED) is 0.747. The Labute approximate surface area is 98.4 Å². The Morgan fingerprint density at radius 3 is 2.88 bits per heavy atom. The van der Waals surface area contributed by atoms with E-state index in [0.717, 1.165) is 0 Å². The van der Waals surface area contributed by atoms with Gasteiger partial charge in [0.05, 0.1) is 19.1 Å². The molecule has 1 aromatic heterocycles. The molecule has 7 heteroatoms. The second-order valence-corrected chi connectivity index (χ2v) is 5.03. The van der Waals surface area contributed by atoms with E-state index in [1.54, 1.807) is 24.3 Å². The molecule has 0 fully saturated rings. The lowest BCUT2D eigenvalue weighted by molar-refractivity contribution is 0.282. The minimum Gasteiger partial charge on any atom is -0.392 e. The van der Waals surface area contributed by atoms with Crippen LogP contribution in [-0.2, 0) is 16.6 Å². The zero-order valence-corrected chi connectivity index (χ0v) is 9.61. The van der Waals surface area contributed by atoms with Crippen LogP contribution in [0.4, 0.5) is 5.69 Å². The van der Waals surface area contributed by atoms with E-state index < -0.39 is 10.0 Å². The van der Waals surface area contributed by atoms with Crippen LogP contribution in [0.5, 0.6) is 0 Å². The Morgan fingerprint density at radius 1 is 1.41 bits per heavy atom. The molecule has 1 aromatic carbocycles. The summed E-state index contributed by atoms with van der Waals surface area (Å²) in [5.74, 6) is 0. The maximum atomic E-state index is 11.8. The number of rotatable bonds is 4. The highest BCUT2D eigenvalue weighted by molar-refractivity contribution is 7.92. The van der Waals surface area contributed by atoms with Gasteiger partial charge in [-0.3, -0.25) is 4.72 Å². The summed E-state index contributed by atoms with van der Waals surface area (Å²) in [5.41, 5.74) is 1.03. The van der Waals surface area contributed by atoms with Crippen molar-refractivity contribution in [3.63, 3.8) is 0 Å². The van der Waals surface area contributed by atoms with Gasteiger partial charge in [-0.1, -0.05) is 12.1 Å². The zero-order valence-electron chi connectivity index (χ0n) is 8.79. The third-order valence-corrected chi connectivity index (χ3v) is 3.43. The maximum Gasteiger partial charge on any atom is 0.278 e. The first-order valence-corrected chi connectivity index (χ1v) is 6.31. The van der Waals surface area contributed by atoms with Gasteiger partial charge in [-0.2, -0.15) is 8.42 Å². The average molecular weight is 253 g/mol. The van der Waals surface area contributed by atoms with Crippen LogP contribution in [0.2, 0.25) is 0 Å². The summed E-state index contributed by atoms with van der Waals surface area (Å²) >= 11 is 0. The van der Waals surface area contributed by atoms with E-state index in [-0.39, 0.29) is 11.6 Å². The number of H-pyrrole nitrogens is 1. The first kappa shape index (κ1) is 11.6. The van der Waals surface area contributed by atoms with Crippen molar-refractivity contribution in [2.45, 2.75) is 11.6 Å². The summed E-state index contributed by atoms with van der Waals surface area (Å²) in [6.45, 7) is -0.139. The molecule has 0 saturated carbocycles. The first-order chi connectivity index (χ1) is 8.12. The molecular weight excluding hydrogens is 242 g/mol. The SMILES string of the molecule is O=S(=O)(Nc1cccc(CO)c1)c1cnc[nH]1. The number of hydrogen-bond donors (Lipinski definition) is 3. The van der Waals surface area contributed by atoms with E-state index >= 15 is 0 Å². The predicted octanol–water partition coefficient (Wildman–Crippen LogP) is 0.703. The monoisotopic (exact) mass is 253 g/mol. The van der Waals surface area contributed by atoms with Crippen molar-refractivity contribution in [2.24, 2.45) is 0 Å². The van der Waals surface area contributed by atoms with Gasteiger partial charge in [0.25, 0.3) is 10.0 Å². The molecule has 0 atom stereocenters. The number of aromatic amines is 1. The fraction of sp³-hybridized carbons (Fsp3) is 0.100. The Hall–Kier alpha value is -1.86. The first-order valence-electron chi connectivity index (χ1n) is 4.83. The number of aliphatic hydroxyl groups is 1. The average Bonchev–Trinajstić information content (AvgIpc) is 2.83. The van der Waals surface area contributed by atoms with Gasteiger partial charge in [0.15, 0.2) is 5.03 Å². The standard InChI is InChI=1S/C10H11N3O3S/c14-6-8-2-1-3-9(4-8)13-17(15,16)10-5-11-7-12-10/h1-5,7,13-14H,6H2,(H,11,12). The topological polar surface area (TPSA) is 95.1 Å². The minimum absolute atomic E-state index is 0.00750. The van der Waals surface area contributed by atoms with Crippen LogP contribution in [0.1, 0.15) is 5.56 Å². The van der Waals surface area contributed by atoms with Crippen LogP contribution in [0.25, 0.3) is 0 Å². The summed E-state index contributed by atoms with van der Waals surface area (Å²) in [4.78, 5) is 6.16. The van der Waals surface area contributed by atoms with Gasteiger partial charge in [0.1, 0.15) is 0 Å². The minimum atomic E-state index is -3.64. The van der Waals surface area contributed by atoms with Crippen LogP contribution in [0, 0.1) is 0 Å². The number of imidazole rings is 1. The Kier molecular flexibility index (Phi) is 3.12. The molecule has 90 valence electrons. The van der Waals surface area contributed by atoms with E-state index in [1.165, 1.54) is 12.5 Å². The van der Waals surface area contributed by atoms with Gasteiger partial charge >= 0.3 is 0 Å². The molecule has 0 unspecified atom stereocenters. The maximum absolute atomic E-state index is 11.8. The van der Waals surface area contributed by atoms with Crippen LogP contribution in [0.3, 0.4) is 0 Å². The Bertz CT molecular complexity index is 593. The van der Waals surface area contributed by atoms with Gasteiger partial charge < -0.3 is 10.1 Å². The molecule has 0 aliphatic heterocycles. The predicted molar refractivity (Wildman–Crippen MR) is 61.8 cm³/mol. The van der Waals surface area contributed by atoms with E-state index in [4.69, 9.17) is 5.11 Å².